The average Bonchev–Trinajstić information content (AvgIpc) is 2.86. The molecule has 1 fully saturated rings. The van der Waals surface area contributed by atoms with Crippen LogP contribution in [0.4, 0.5) is 10.2 Å². The second-order valence-electron chi connectivity index (χ2n) is 7.80. The number of carbonyl (C=O) groups excluding carboxylic acids is 1. The van der Waals surface area contributed by atoms with E-state index in [2.05, 4.69) is 27.1 Å². The van der Waals surface area contributed by atoms with Crippen molar-refractivity contribution in [2.24, 2.45) is 4.99 Å². The summed E-state index contributed by atoms with van der Waals surface area (Å²) >= 11 is -0.817. The highest BCUT2D eigenvalue weighted by Gasteiger charge is 2.23. The van der Waals surface area contributed by atoms with Gasteiger partial charge in [-0.05, 0) is 55.7 Å². The lowest BCUT2D eigenvalue weighted by molar-refractivity contribution is 0.0953. The van der Waals surface area contributed by atoms with Crippen molar-refractivity contribution in [2.45, 2.75) is 19.8 Å². The van der Waals surface area contributed by atoms with E-state index in [4.69, 9.17) is 0 Å². The number of carbonyl (C=O) groups is 1. The second kappa shape index (κ2) is 12.9. The minimum absolute atomic E-state index is 0.213. The van der Waals surface area contributed by atoms with Crippen LogP contribution >= 0.6 is 0 Å². The molecule has 178 valence electrons. The van der Waals surface area contributed by atoms with Gasteiger partial charge in [0.15, 0.2) is 0 Å². The summed E-state index contributed by atoms with van der Waals surface area (Å²) in [5.74, 6) is 7.41. The van der Waals surface area contributed by atoms with Gasteiger partial charge in [0.1, 0.15) is 23.1 Å². The van der Waals surface area contributed by atoms with Crippen molar-refractivity contribution >= 4 is 29.1 Å². The predicted molar refractivity (Wildman–Crippen MR) is 136 cm³/mol. The first kappa shape index (κ1) is 25.5. The molecule has 0 spiro atoms. The second-order valence-corrected chi connectivity index (χ2v) is 9.49. The fourth-order valence-corrected chi connectivity index (χ4v) is 4.55. The Morgan fingerprint density at radius 3 is 2.71 bits per heavy atom. The Labute approximate surface area is 203 Å². The Balaban J connectivity index is 1.76. The molecule has 34 heavy (non-hydrogen) atoms. The first-order chi connectivity index (χ1) is 16.5. The van der Waals surface area contributed by atoms with E-state index in [0.29, 0.717) is 53.6 Å². The van der Waals surface area contributed by atoms with Gasteiger partial charge in [-0.2, -0.15) is 0 Å². The highest BCUT2D eigenvalue weighted by molar-refractivity contribution is 7.91. The average molecular weight is 481 g/mol. The normalized spacial score (nSPS) is 14.7. The number of allylic oxidation sites excluding steroid dienone is 2. The number of nitrogens with zero attached hydrogens (tertiary/aromatic N) is 3. The maximum atomic E-state index is 13.2. The van der Waals surface area contributed by atoms with E-state index in [0.717, 1.165) is 18.4 Å². The summed E-state index contributed by atoms with van der Waals surface area (Å²) in [4.78, 5) is 23.4. The van der Waals surface area contributed by atoms with Crippen LogP contribution in [0.2, 0.25) is 0 Å². The molecule has 1 N–H and O–H groups in total. The number of halogens is 1. The Morgan fingerprint density at radius 1 is 1.29 bits per heavy atom. The SMILES string of the molecule is C/C=C(\C=N/C)CCCNC(=O)c1cnc(N2CC[S+]([O-])CC2)c(C#Cc2ccc(F)cc2)c1. The quantitative estimate of drug-likeness (QED) is 0.285. The van der Waals surface area contributed by atoms with Crippen molar-refractivity contribution < 1.29 is 13.7 Å². The molecule has 1 aliphatic rings. The number of benzene rings is 1. The largest absolute Gasteiger partial charge is 0.616 e. The van der Waals surface area contributed by atoms with Gasteiger partial charge in [0.2, 0.25) is 0 Å². The van der Waals surface area contributed by atoms with Crippen molar-refractivity contribution in [1.29, 1.82) is 0 Å². The number of hydrogen-bond donors (Lipinski definition) is 1. The molecule has 1 saturated heterocycles. The van der Waals surface area contributed by atoms with Crippen LogP contribution in [0.15, 0.2) is 53.2 Å². The monoisotopic (exact) mass is 480 g/mol. The number of anilines is 1. The number of amides is 1. The summed E-state index contributed by atoms with van der Waals surface area (Å²) in [6.07, 6.45) is 7.02. The van der Waals surface area contributed by atoms with Crippen molar-refractivity contribution in [3.05, 3.63) is 70.7 Å². The fourth-order valence-electron chi connectivity index (χ4n) is 3.49. The molecule has 3 rings (SSSR count). The molecule has 0 radical (unpaired) electrons. The van der Waals surface area contributed by atoms with Crippen molar-refractivity contribution in [1.82, 2.24) is 10.3 Å². The molecule has 2 aromatic rings. The van der Waals surface area contributed by atoms with Gasteiger partial charge in [-0.1, -0.05) is 29.1 Å². The first-order valence-electron chi connectivity index (χ1n) is 11.2. The van der Waals surface area contributed by atoms with E-state index in [-0.39, 0.29) is 11.7 Å². The zero-order chi connectivity index (χ0) is 24.3. The van der Waals surface area contributed by atoms with Crippen molar-refractivity contribution in [2.75, 3.05) is 43.1 Å². The van der Waals surface area contributed by atoms with Crippen LogP contribution in [0.1, 0.15) is 41.3 Å². The Kier molecular flexibility index (Phi) is 9.68. The lowest BCUT2D eigenvalue weighted by atomic mass is 10.1. The van der Waals surface area contributed by atoms with Crippen LogP contribution in [-0.4, -0.2) is 59.8 Å². The highest BCUT2D eigenvalue weighted by atomic mass is 32.2. The number of aliphatic imine (C=N–C) groups is 1. The van der Waals surface area contributed by atoms with Gasteiger partial charge >= 0.3 is 0 Å². The molecular formula is C26H29FN4O2S. The van der Waals surface area contributed by atoms with Gasteiger partial charge in [-0.25, -0.2) is 9.37 Å². The van der Waals surface area contributed by atoms with Crippen molar-refractivity contribution in [3.8, 4) is 11.8 Å². The maximum absolute atomic E-state index is 13.2. The van der Waals surface area contributed by atoms with E-state index in [1.807, 2.05) is 24.1 Å². The number of hydrogen-bond acceptors (Lipinski definition) is 5. The van der Waals surface area contributed by atoms with E-state index < -0.39 is 11.2 Å². The molecule has 0 atom stereocenters. The molecule has 0 aliphatic carbocycles. The molecule has 0 saturated carbocycles. The van der Waals surface area contributed by atoms with Crippen LogP contribution in [-0.2, 0) is 11.2 Å². The van der Waals surface area contributed by atoms with E-state index in [9.17, 15) is 13.7 Å². The molecule has 0 bridgehead atoms. The van der Waals surface area contributed by atoms with Gasteiger partial charge in [0.25, 0.3) is 5.91 Å². The minimum Gasteiger partial charge on any atom is -0.616 e. The predicted octanol–water partition coefficient (Wildman–Crippen LogP) is 3.35. The number of pyridine rings is 1. The first-order valence-corrected chi connectivity index (χ1v) is 12.7. The molecule has 2 heterocycles. The van der Waals surface area contributed by atoms with E-state index in [1.165, 1.54) is 12.1 Å². The Hall–Kier alpha value is -3.15. The zero-order valence-corrected chi connectivity index (χ0v) is 20.3. The van der Waals surface area contributed by atoms with Crippen molar-refractivity contribution in [3.63, 3.8) is 0 Å². The van der Waals surface area contributed by atoms with Crippen LogP contribution < -0.4 is 10.2 Å². The number of aromatic nitrogens is 1. The van der Waals surface area contributed by atoms with Gasteiger partial charge in [0, 0.05) is 31.6 Å². The molecule has 1 aromatic heterocycles. The Bertz CT molecular complexity index is 1100. The fraction of sp³-hybridized carbons (Fsp3) is 0.346. The summed E-state index contributed by atoms with van der Waals surface area (Å²) in [7, 11) is 1.74. The van der Waals surface area contributed by atoms with Crippen LogP contribution in [0.5, 0.6) is 0 Å². The molecule has 0 unspecified atom stereocenters. The highest BCUT2D eigenvalue weighted by Crippen LogP contribution is 2.21. The number of rotatable bonds is 7. The van der Waals surface area contributed by atoms with Gasteiger partial charge < -0.3 is 14.8 Å². The van der Waals surface area contributed by atoms with Crippen LogP contribution in [0.25, 0.3) is 0 Å². The van der Waals surface area contributed by atoms with E-state index in [1.54, 1.807) is 31.4 Å². The molecular weight excluding hydrogens is 451 g/mol. The summed E-state index contributed by atoms with van der Waals surface area (Å²) in [5, 5.41) is 2.94. The summed E-state index contributed by atoms with van der Waals surface area (Å²) in [6.45, 7) is 3.73. The third kappa shape index (κ3) is 7.44. The molecule has 1 aromatic carbocycles. The lowest BCUT2D eigenvalue weighted by Gasteiger charge is -2.29. The van der Waals surface area contributed by atoms with E-state index >= 15 is 0 Å². The molecule has 6 nitrogen and oxygen atoms in total. The standard InChI is InChI=1S/C26H29FN4O2S/c1-3-20(18-28-2)5-4-12-29-26(32)23-17-22(9-6-21-7-10-24(27)11-8-21)25(30-19-23)31-13-15-34(33)16-14-31/h3,7-8,10-11,17-19H,4-5,12-16H2,1-2H3,(H,29,32)/b20-3-,28-18-. The summed E-state index contributed by atoms with van der Waals surface area (Å²) in [5.41, 5.74) is 2.83. The summed E-state index contributed by atoms with van der Waals surface area (Å²) < 4.78 is 25.0. The molecule has 1 amide bonds. The third-order valence-corrected chi connectivity index (χ3v) is 6.66. The molecule has 1 aliphatic heterocycles. The zero-order valence-electron chi connectivity index (χ0n) is 19.5. The number of nitrogens with one attached hydrogen (secondary N) is 1. The van der Waals surface area contributed by atoms with Crippen LogP contribution in [0.3, 0.4) is 0 Å². The maximum Gasteiger partial charge on any atom is 0.252 e. The third-order valence-electron chi connectivity index (χ3n) is 5.39. The van der Waals surface area contributed by atoms with Gasteiger partial charge in [-0.15, -0.1) is 0 Å². The molecule has 8 heteroatoms. The smallest absolute Gasteiger partial charge is 0.252 e. The summed E-state index contributed by atoms with van der Waals surface area (Å²) in [6, 6.07) is 7.68. The minimum atomic E-state index is -0.817. The van der Waals surface area contributed by atoms with Crippen LogP contribution in [0, 0.1) is 17.7 Å². The topological polar surface area (TPSA) is 80.7 Å². The lowest BCUT2D eigenvalue weighted by Crippen LogP contribution is -2.41. The Morgan fingerprint density at radius 2 is 2.03 bits per heavy atom. The van der Waals surface area contributed by atoms with Gasteiger partial charge in [-0.3, -0.25) is 9.79 Å². The van der Waals surface area contributed by atoms with Gasteiger partial charge in [0.05, 0.1) is 24.2 Å².